The molecule has 0 bridgehead atoms. The first-order valence-corrected chi connectivity index (χ1v) is 9.23. The summed E-state index contributed by atoms with van der Waals surface area (Å²) in [5.41, 5.74) is 1.62. The second kappa shape index (κ2) is 7.36. The molecule has 6 heteroatoms. The molecular formula is C18H19ClN2O2S. The average Bonchev–Trinajstić information content (AvgIpc) is 3.12. The van der Waals surface area contributed by atoms with Gasteiger partial charge in [0.2, 0.25) is 5.91 Å². The van der Waals surface area contributed by atoms with Gasteiger partial charge in [-0.3, -0.25) is 9.59 Å². The van der Waals surface area contributed by atoms with Crippen molar-refractivity contribution in [2.75, 3.05) is 11.9 Å². The van der Waals surface area contributed by atoms with Gasteiger partial charge in [-0.2, -0.15) is 0 Å². The number of likely N-dealkylation sites (tertiary alicyclic amines) is 1. The first-order valence-electron chi connectivity index (χ1n) is 7.98. The van der Waals surface area contributed by atoms with Crippen LogP contribution in [0.15, 0.2) is 35.7 Å². The number of carbonyl (C=O) groups excluding carboxylic acids is 2. The van der Waals surface area contributed by atoms with Gasteiger partial charge in [-0.1, -0.05) is 23.7 Å². The maximum atomic E-state index is 12.7. The van der Waals surface area contributed by atoms with Crippen molar-refractivity contribution in [1.82, 2.24) is 4.90 Å². The second-order valence-electron chi connectivity index (χ2n) is 5.94. The highest BCUT2D eigenvalue weighted by molar-refractivity contribution is 7.12. The van der Waals surface area contributed by atoms with Crippen molar-refractivity contribution in [1.29, 1.82) is 0 Å². The van der Waals surface area contributed by atoms with Gasteiger partial charge in [0.25, 0.3) is 5.91 Å². The predicted molar refractivity (Wildman–Crippen MR) is 97.8 cm³/mol. The number of thiophene rings is 1. The van der Waals surface area contributed by atoms with Gasteiger partial charge in [-0.25, -0.2) is 0 Å². The van der Waals surface area contributed by atoms with Gasteiger partial charge in [0, 0.05) is 17.3 Å². The second-order valence-corrected chi connectivity index (χ2v) is 7.30. The summed E-state index contributed by atoms with van der Waals surface area (Å²) in [7, 11) is 0. The summed E-state index contributed by atoms with van der Waals surface area (Å²) in [5, 5.41) is 5.39. The molecule has 3 rings (SSSR count). The fourth-order valence-corrected chi connectivity index (χ4v) is 3.74. The molecule has 1 aliphatic heterocycles. The van der Waals surface area contributed by atoms with E-state index in [0.29, 0.717) is 28.6 Å². The minimum absolute atomic E-state index is 0.0632. The molecule has 1 aromatic carbocycles. The number of carbonyl (C=O) groups is 2. The van der Waals surface area contributed by atoms with Crippen LogP contribution in [0.4, 0.5) is 5.69 Å². The van der Waals surface area contributed by atoms with Crippen molar-refractivity contribution in [3.8, 4) is 0 Å². The Morgan fingerprint density at radius 2 is 2.12 bits per heavy atom. The van der Waals surface area contributed by atoms with E-state index in [-0.39, 0.29) is 11.8 Å². The highest BCUT2D eigenvalue weighted by atomic mass is 35.5. The Morgan fingerprint density at radius 3 is 2.83 bits per heavy atom. The highest BCUT2D eigenvalue weighted by Crippen LogP contribution is 2.24. The Bertz CT molecular complexity index is 745. The zero-order chi connectivity index (χ0) is 17.1. The molecular weight excluding hydrogens is 344 g/mol. The summed E-state index contributed by atoms with van der Waals surface area (Å²) in [4.78, 5) is 27.7. The quantitative estimate of drug-likeness (QED) is 0.882. The number of anilines is 1. The molecule has 24 heavy (non-hydrogen) atoms. The fourth-order valence-electron chi connectivity index (χ4n) is 2.89. The number of amides is 2. The van der Waals surface area contributed by atoms with Gasteiger partial charge in [0.05, 0.1) is 4.88 Å². The van der Waals surface area contributed by atoms with Crippen LogP contribution in [0.25, 0.3) is 0 Å². The van der Waals surface area contributed by atoms with E-state index < -0.39 is 6.04 Å². The summed E-state index contributed by atoms with van der Waals surface area (Å²) in [6, 6.07) is 8.65. The minimum atomic E-state index is -0.437. The van der Waals surface area contributed by atoms with E-state index in [1.54, 1.807) is 17.0 Å². The van der Waals surface area contributed by atoms with Crippen LogP contribution in [0, 0.1) is 6.92 Å². The molecule has 0 spiro atoms. The van der Waals surface area contributed by atoms with Gasteiger partial charge in [-0.15, -0.1) is 11.3 Å². The smallest absolute Gasteiger partial charge is 0.264 e. The van der Waals surface area contributed by atoms with E-state index in [0.717, 1.165) is 18.4 Å². The number of halogens is 1. The fraction of sp³-hybridized carbons (Fsp3) is 0.333. The van der Waals surface area contributed by atoms with Crippen LogP contribution in [0.3, 0.4) is 0 Å². The zero-order valence-electron chi connectivity index (χ0n) is 13.4. The van der Waals surface area contributed by atoms with Gasteiger partial charge >= 0.3 is 0 Å². The van der Waals surface area contributed by atoms with Crippen LogP contribution >= 0.6 is 22.9 Å². The van der Waals surface area contributed by atoms with Crippen LogP contribution in [0.2, 0.25) is 5.02 Å². The maximum Gasteiger partial charge on any atom is 0.264 e. The normalized spacial score (nSPS) is 17.6. The van der Waals surface area contributed by atoms with Gasteiger partial charge in [0.1, 0.15) is 6.04 Å². The molecule has 2 heterocycles. The summed E-state index contributed by atoms with van der Waals surface area (Å²) >= 11 is 7.52. The molecule has 0 saturated carbocycles. The van der Waals surface area contributed by atoms with Crippen LogP contribution in [0.1, 0.15) is 34.5 Å². The number of hydrogen-bond acceptors (Lipinski definition) is 3. The number of piperidine rings is 1. The van der Waals surface area contributed by atoms with E-state index in [1.165, 1.54) is 11.3 Å². The molecule has 2 amide bonds. The van der Waals surface area contributed by atoms with Crippen molar-refractivity contribution in [2.45, 2.75) is 32.2 Å². The third-order valence-corrected chi connectivity index (χ3v) is 5.50. The minimum Gasteiger partial charge on any atom is -0.326 e. The molecule has 1 saturated heterocycles. The summed E-state index contributed by atoms with van der Waals surface area (Å²) < 4.78 is 0. The van der Waals surface area contributed by atoms with E-state index >= 15 is 0 Å². The Kier molecular flexibility index (Phi) is 5.21. The van der Waals surface area contributed by atoms with E-state index in [9.17, 15) is 9.59 Å². The molecule has 2 aromatic rings. The van der Waals surface area contributed by atoms with Crippen LogP contribution < -0.4 is 5.32 Å². The third-order valence-electron chi connectivity index (χ3n) is 4.24. The molecule has 1 N–H and O–H groups in total. The van der Waals surface area contributed by atoms with Crippen LogP contribution in [-0.2, 0) is 4.79 Å². The molecule has 1 aromatic heterocycles. The standard InChI is InChI=1S/C18H19ClN2O2S/c1-12-7-8-13(11-14(12)19)20-17(22)15-5-2-3-9-21(15)18(23)16-6-4-10-24-16/h4,6-8,10-11,15H,2-3,5,9H2,1H3,(H,20,22). The average molecular weight is 363 g/mol. The summed E-state index contributed by atoms with van der Waals surface area (Å²) in [5.74, 6) is -0.216. The van der Waals surface area contributed by atoms with Crippen molar-refractivity contribution in [3.63, 3.8) is 0 Å². The zero-order valence-corrected chi connectivity index (χ0v) is 15.0. The Labute approximate surface area is 150 Å². The third kappa shape index (κ3) is 3.62. The molecule has 0 radical (unpaired) electrons. The van der Waals surface area contributed by atoms with E-state index in [1.807, 2.05) is 30.5 Å². The van der Waals surface area contributed by atoms with Crippen molar-refractivity contribution in [2.24, 2.45) is 0 Å². The van der Waals surface area contributed by atoms with Crippen LogP contribution in [0.5, 0.6) is 0 Å². The molecule has 0 aliphatic carbocycles. The molecule has 1 unspecified atom stereocenters. The summed E-state index contributed by atoms with van der Waals surface area (Å²) in [6.07, 6.45) is 2.56. The molecule has 1 aliphatic rings. The highest BCUT2D eigenvalue weighted by Gasteiger charge is 2.33. The number of rotatable bonds is 3. The predicted octanol–water partition coefficient (Wildman–Crippen LogP) is 4.34. The van der Waals surface area contributed by atoms with Gasteiger partial charge < -0.3 is 10.2 Å². The van der Waals surface area contributed by atoms with Crippen molar-refractivity contribution in [3.05, 3.63) is 51.2 Å². The van der Waals surface area contributed by atoms with Crippen molar-refractivity contribution < 1.29 is 9.59 Å². The lowest BCUT2D eigenvalue weighted by atomic mass is 10.0. The molecule has 126 valence electrons. The lowest BCUT2D eigenvalue weighted by Gasteiger charge is -2.34. The Morgan fingerprint density at radius 1 is 1.29 bits per heavy atom. The first-order chi connectivity index (χ1) is 11.6. The SMILES string of the molecule is Cc1ccc(NC(=O)C2CCCCN2C(=O)c2cccs2)cc1Cl. The molecule has 1 atom stereocenters. The number of aryl methyl sites for hydroxylation is 1. The van der Waals surface area contributed by atoms with Gasteiger partial charge in [0.15, 0.2) is 0 Å². The molecule has 1 fully saturated rings. The van der Waals surface area contributed by atoms with E-state index in [2.05, 4.69) is 5.32 Å². The van der Waals surface area contributed by atoms with Gasteiger partial charge in [-0.05, 0) is 55.3 Å². The first kappa shape index (κ1) is 17.0. The largest absolute Gasteiger partial charge is 0.326 e. The lowest BCUT2D eigenvalue weighted by Crippen LogP contribution is -2.49. The number of nitrogens with one attached hydrogen (secondary N) is 1. The number of hydrogen-bond donors (Lipinski definition) is 1. The van der Waals surface area contributed by atoms with Crippen molar-refractivity contribution >= 4 is 40.4 Å². The Balaban J connectivity index is 1.75. The number of benzene rings is 1. The van der Waals surface area contributed by atoms with E-state index in [4.69, 9.17) is 11.6 Å². The maximum absolute atomic E-state index is 12.7. The molecule has 4 nitrogen and oxygen atoms in total. The monoisotopic (exact) mass is 362 g/mol. The lowest BCUT2D eigenvalue weighted by molar-refractivity contribution is -0.121. The summed E-state index contributed by atoms with van der Waals surface area (Å²) in [6.45, 7) is 2.53. The topological polar surface area (TPSA) is 49.4 Å². The number of nitrogens with zero attached hydrogens (tertiary/aromatic N) is 1. The van der Waals surface area contributed by atoms with Crippen LogP contribution in [-0.4, -0.2) is 29.3 Å². The Hall–Kier alpha value is -1.85.